The second-order valence-electron chi connectivity index (χ2n) is 6.09. The number of hydrogen-bond donors (Lipinski definition) is 1. The van der Waals surface area contributed by atoms with Gasteiger partial charge in [-0.05, 0) is 30.3 Å². The van der Waals surface area contributed by atoms with Crippen molar-refractivity contribution >= 4 is 10.9 Å². The Morgan fingerprint density at radius 3 is 2.64 bits per heavy atom. The molecule has 0 aliphatic rings. The van der Waals surface area contributed by atoms with Crippen LogP contribution in [0.3, 0.4) is 0 Å². The van der Waals surface area contributed by atoms with Crippen molar-refractivity contribution in [3.63, 3.8) is 0 Å². The smallest absolute Gasteiger partial charge is 0.267 e. The summed E-state index contributed by atoms with van der Waals surface area (Å²) >= 11 is 0. The van der Waals surface area contributed by atoms with Gasteiger partial charge in [-0.2, -0.15) is 4.98 Å². The molecular formula is C20H17N3O5. The summed E-state index contributed by atoms with van der Waals surface area (Å²) in [4.78, 5) is 17.1. The molecule has 0 spiro atoms. The summed E-state index contributed by atoms with van der Waals surface area (Å²) in [7, 11) is 4.69. The van der Waals surface area contributed by atoms with Crippen molar-refractivity contribution in [1.29, 1.82) is 0 Å². The number of rotatable bonds is 4. The van der Waals surface area contributed by atoms with E-state index in [2.05, 4.69) is 10.1 Å². The standard InChI is InChI=1S/C20H17N3O5/c1-23-14-7-5-4-6-12(14)17(24)16(20(23)25)19-21-18(22-28-19)13-10-11(26-2)8-9-15(13)27-3/h4-10,24H,1-3H3. The molecule has 2 aromatic carbocycles. The predicted molar refractivity (Wildman–Crippen MR) is 103 cm³/mol. The summed E-state index contributed by atoms with van der Waals surface area (Å²) < 4.78 is 17.3. The van der Waals surface area contributed by atoms with Crippen LogP contribution in [0.4, 0.5) is 0 Å². The third-order valence-corrected chi connectivity index (χ3v) is 4.56. The van der Waals surface area contributed by atoms with Crippen molar-refractivity contribution in [2.24, 2.45) is 7.05 Å². The zero-order valence-electron chi connectivity index (χ0n) is 15.5. The Morgan fingerprint density at radius 1 is 1.11 bits per heavy atom. The lowest BCUT2D eigenvalue weighted by molar-refractivity contribution is 0.402. The molecule has 8 heteroatoms. The molecule has 0 saturated carbocycles. The van der Waals surface area contributed by atoms with E-state index in [0.717, 1.165) is 0 Å². The molecule has 0 aliphatic carbocycles. The van der Waals surface area contributed by atoms with Crippen molar-refractivity contribution in [2.75, 3.05) is 14.2 Å². The van der Waals surface area contributed by atoms with E-state index in [1.807, 2.05) is 0 Å². The number of fused-ring (bicyclic) bond motifs is 1. The lowest BCUT2D eigenvalue weighted by atomic mass is 10.1. The SMILES string of the molecule is COc1ccc(OC)c(-c2noc(-c3c(O)c4ccccc4n(C)c3=O)n2)c1. The van der Waals surface area contributed by atoms with E-state index in [0.29, 0.717) is 28.0 Å². The number of pyridine rings is 1. The molecule has 2 aromatic heterocycles. The number of aryl methyl sites for hydroxylation is 1. The molecule has 4 rings (SSSR count). The van der Waals surface area contributed by atoms with Crippen LogP contribution >= 0.6 is 0 Å². The maximum atomic E-state index is 12.8. The van der Waals surface area contributed by atoms with Crippen LogP contribution in [0, 0.1) is 0 Å². The average molecular weight is 379 g/mol. The van der Waals surface area contributed by atoms with Gasteiger partial charge in [-0.1, -0.05) is 17.3 Å². The predicted octanol–water partition coefficient (Wildman–Crippen LogP) is 2.98. The van der Waals surface area contributed by atoms with E-state index < -0.39 is 5.56 Å². The highest BCUT2D eigenvalue weighted by Gasteiger charge is 2.23. The molecule has 1 N–H and O–H groups in total. The van der Waals surface area contributed by atoms with E-state index >= 15 is 0 Å². The first-order valence-electron chi connectivity index (χ1n) is 8.42. The van der Waals surface area contributed by atoms with E-state index in [1.54, 1.807) is 56.6 Å². The van der Waals surface area contributed by atoms with Crippen LogP contribution in [0.15, 0.2) is 51.8 Å². The van der Waals surface area contributed by atoms with Gasteiger partial charge in [0.15, 0.2) is 0 Å². The van der Waals surface area contributed by atoms with Crippen LogP contribution in [0.1, 0.15) is 0 Å². The van der Waals surface area contributed by atoms with Gasteiger partial charge in [0.1, 0.15) is 22.8 Å². The molecular weight excluding hydrogens is 362 g/mol. The Kier molecular flexibility index (Phi) is 4.23. The van der Waals surface area contributed by atoms with Crippen molar-refractivity contribution in [1.82, 2.24) is 14.7 Å². The molecule has 142 valence electrons. The number of nitrogens with zero attached hydrogens (tertiary/aromatic N) is 3. The van der Waals surface area contributed by atoms with Crippen molar-refractivity contribution in [3.8, 4) is 40.1 Å². The fraction of sp³-hybridized carbons (Fsp3) is 0.150. The van der Waals surface area contributed by atoms with Gasteiger partial charge in [-0.25, -0.2) is 0 Å². The third-order valence-electron chi connectivity index (χ3n) is 4.56. The van der Waals surface area contributed by atoms with Crippen LogP contribution in [0.5, 0.6) is 17.2 Å². The second-order valence-corrected chi connectivity index (χ2v) is 6.09. The minimum atomic E-state index is -0.441. The molecule has 8 nitrogen and oxygen atoms in total. The molecule has 4 aromatic rings. The summed E-state index contributed by atoms with van der Waals surface area (Å²) in [6.45, 7) is 0. The van der Waals surface area contributed by atoms with Crippen LogP contribution in [0.2, 0.25) is 0 Å². The van der Waals surface area contributed by atoms with Crippen LogP contribution in [0.25, 0.3) is 33.7 Å². The maximum absolute atomic E-state index is 12.8. The Bertz CT molecular complexity index is 1240. The third kappa shape index (κ3) is 2.66. The minimum absolute atomic E-state index is 0.0539. The highest BCUT2D eigenvalue weighted by Crippen LogP contribution is 2.35. The molecule has 0 aliphatic heterocycles. The summed E-state index contributed by atoms with van der Waals surface area (Å²) in [5.41, 5.74) is 0.641. The van der Waals surface area contributed by atoms with Crippen LogP contribution in [-0.2, 0) is 7.05 Å². The van der Waals surface area contributed by atoms with E-state index in [9.17, 15) is 9.90 Å². The van der Waals surface area contributed by atoms with Gasteiger partial charge in [0.2, 0.25) is 5.82 Å². The van der Waals surface area contributed by atoms with Gasteiger partial charge >= 0.3 is 0 Å². The first kappa shape index (κ1) is 17.6. The van der Waals surface area contributed by atoms with Crippen molar-refractivity contribution < 1.29 is 19.1 Å². The average Bonchev–Trinajstić information content (AvgIpc) is 3.21. The van der Waals surface area contributed by atoms with E-state index in [1.165, 1.54) is 11.7 Å². The quantitative estimate of drug-likeness (QED) is 0.582. The van der Waals surface area contributed by atoms with E-state index in [4.69, 9.17) is 14.0 Å². The number of ether oxygens (including phenoxy) is 2. The molecule has 0 amide bonds. The molecule has 0 radical (unpaired) electrons. The summed E-state index contributed by atoms with van der Waals surface area (Å²) in [5.74, 6) is 1.03. The summed E-state index contributed by atoms with van der Waals surface area (Å²) in [5, 5.41) is 15.2. The normalized spacial score (nSPS) is 11.0. The maximum Gasteiger partial charge on any atom is 0.267 e. The second kappa shape index (κ2) is 6.73. The zero-order valence-corrected chi connectivity index (χ0v) is 15.5. The Labute approximate surface area is 159 Å². The van der Waals surface area contributed by atoms with E-state index in [-0.39, 0.29) is 23.0 Å². The van der Waals surface area contributed by atoms with Gasteiger partial charge in [-0.3, -0.25) is 4.79 Å². The van der Waals surface area contributed by atoms with Gasteiger partial charge in [0.25, 0.3) is 11.4 Å². The minimum Gasteiger partial charge on any atom is -0.506 e. The highest BCUT2D eigenvalue weighted by molar-refractivity contribution is 5.90. The fourth-order valence-electron chi connectivity index (χ4n) is 3.10. The monoisotopic (exact) mass is 379 g/mol. The number of aromatic nitrogens is 3. The zero-order chi connectivity index (χ0) is 19.8. The Morgan fingerprint density at radius 2 is 1.89 bits per heavy atom. The topological polar surface area (TPSA) is 99.6 Å². The summed E-state index contributed by atoms with van der Waals surface area (Å²) in [6.07, 6.45) is 0. The highest BCUT2D eigenvalue weighted by atomic mass is 16.5. The van der Waals surface area contributed by atoms with Gasteiger partial charge in [0.05, 0.1) is 25.3 Å². The largest absolute Gasteiger partial charge is 0.506 e. The molecule has 0 bridgehead atoms. The van der Waals surface area contributed by atoms with Crippen molar-refractivity contribution in [2.45, 2.75) is 0 Å². The summed E-state index contributed by atoms with van der Waals surface area (Å²) in [6, 6.07) is 12.2. The number of hydrogen-bond acceptors (Lipinski definition) is 7. The Hall–Kier alpha value is -3.81. The Balaban J connectivity index is 1.91. The molecule has 0 unspecified atom stereocenters. The number of aromatic hydroxyl groups is 1. The molecule has 2 heterocycles. The van der Waals surface area contributed by atoms with Gasteiger partial charge in [-0.15, -0.1) is 0 Å². The molecule has 0 fully saturated rings. The first-order chi connectivity index (χ1) is 13.5. The number of methoxy groups -OCH3 is 2. The van der Waals surface area contributed by atoms with Gasteiger partial charge < -0.3 is 23.7 Å². The van der Waals surface area contributed by atoms with Crippen LogP contribution < -0.4 is 15.0 Å². The number of benzene rings is 2. The molecule has 0 saturated heterocycles. The first-order valence-corrected chi connectivity index (χ1v) is 8.42. The lowest BCUT2D eigenvalue weighted by Crippen LogP contribution is -2.19. The van der Waals surface area contributed by atoms with Crippen LogP contribution in [-0.4, -0.2) is 34.0 Å². The fourth-order valence-corrected chi connectivity index (χ4v) is 3.10. The molecule has 28 heavy (non-hydrogen) atoms. The molecule has 0 atom stereocenters. The lowest BCUT2D eigenvalue weighted by Gasteiger charge is -2.09. The number of para-hydroxylation sites is 1. The van der Waals surface area contributed by atoms with Crippen molar-refractivity contribution in [3.05, 3.63) is 52.8 Å². The van der Waals surface area contributed by atoms with Gasteiger partial charge in [0, 0.05) is 12.4 Å².